The average molecular weight is 260 g/mol. The van der Waals surface area contributed by atoms with Crippen molar-refractivity contribution in [3.8, 4) is 5.88 Å². The number of pyridine rings is 1. The fourth-order valence-corrected chi connectivity index (χ4v) is 1.64. The van der Waals surface area contributed by atoms with E-state index in [1.165, 1.54) is 19.4 Å². The molecule has 1 heterocycles. The van der Waals surface area contributed by atoms with Crippen LogP contribution in [-0.4, -0.2) is 18.0 Å². The molecule has 0 bridgehead atoms. The Kier molecular flexibility index (Phi) is 4.07. The first-order valence-electron chi connectivity index (χ1n) is 5.73. The first-order valence-corrected chi connectivity index (χ1v) is 5.73. The lowest BCUT2D eigenvalue weighted by Crippen LogP contribution is -2.24. The number of aromatic nitrogens is 1. The van der Waals surface area contributed by atoms with Gasteiger partial charge in [0.15, 0.2) is 0 Å². The smallest absolute Gasteiger partial charge is 0.257 e. The molecule has 0 saturated heterocycles. The molecule has 0 spiro atoms. The maximum atomic E-state index is 13.4. The van der Waals surface area contributed by atoms with Gasteiger partial charge in [-0.25, -0.2) is 9.37 Å². The molecule has 2 aromatic rings. The van der Waals surface area contributed by atoms with Crippen LogP contribution in [0.3, 0.4) is 0 Å². The molecule has 5 heteroatoms. The monoisotopic (exact) mass is 260 g/mol. The van der Waals surface area contributed by atoms with Crippen molar-refractivity contribution in [1.82, 2.24) is 10.3 Å². The Bertz CT molecular complexity index is 587. The summed E-state index contributed by atoms with van der Waals surface area (Å²) in [5.41, 5.74) is 0.750. The molecular formula is C14H13FN2O2. The standard InChI is InChI=1S/C14H13FN2O2/c1-19-14-11(6-4-8-16-14)13(18)17-9-10-5-2-3-7-12(10)15/h2-8H,9H2,1H3,(H,17,18). The Labute approximate surface area is 110 Å². The molecule has 1 N–H and O–H groups in total. The third kappa shape index (κ3) is 3.07. The number of ether oxygens (including phenoxy) is 1. The molecule has 0 aliphatic heterocycles. The number of rotatable bonds is 4. The topological polar surface area (TPSA) is 51.2 Å². The molecule has 0 unspecified atom stereocenters. The van der Waals surface area contributed by atoms with Crippen molar-refractivity contribution in [2.24, 2.45) is 0 Å². The summed E-state index contributed by atoms with van der Waals surface area (Å²) in [6.45, 7) is 0.115. The van der Waals surface area contributed by atoms with Gasteiger partial charge in [-0.3, -0.25) is 4.79 Å². The van der Waals surface area contributed by atoms with Gasteiger partial charge in [0.1, 0.15) is 11.4 Å². The highest BCUT2D eigenvalue weighted by atomic mass is 19.1. The summed E-state index contributed by atoms with van der Waals surface area (Å²) in [5.74, 6) is -0.456. The van der Waals surface area contributed by atoms with E-state index in [1.807, 2.05) is 0 Å². The third-order valence-corrected chi connectivity index (χ3v) is 2.61. The van der Waals surface area contributed by atoms with E-state index in [0.29, 0.717) is 11.1 Å². The molecule has 0 aliphatic carbocycles. The highest BCUT2D eigenvalue weighted by Gasteiger charge is 2.12. The average Bonchev–Trinajstić information content (AvgIpc) is 2.46. The second-order valence-electron chi connectivity index (χ2n) is 3.83. The number of nitrogens with one attached hydrogen (secondary N) is 1. The molecule has 4 nitrogen and oxygen atoms in total. The summed E-state index contributed by atoms with van der Waals surface area (Å²) in [7, 11) is 1.44. The number of benzene rings is 1. The van der Waals surface area contributed by atoms with Crippen molar-refractivity contribution in [3.63, 3.8) is 0 Å². The molecule has 19 heavy (non-hydrogen) atoms. The maximum absolute atomic E-state index is 13.4. The van der Waals surface area contributed by atoms with Crippen molar-refractivity contribution in [2.45, 2.75) is 6.54 Å². The Morgan fingerprint density at radius 2 is 2.11 bits per heavy atom. The SMILES string of the molecule is COc1ncccc1C(=O)NCc1ccccc1F. The number of nitrogens with zero attached hydrogens (tertiary/aromatic N) is 1. The Balaban J connectivity index is 2.08. The zero-order valence-corrected chi connectivity index (χ0v) is 10.4. The fraction of sp³-hybridized carbons (Fsp3) is 0.143. The van der Waals surface area contributed by atoms with Gasteiger partial charge >= 0.3 is 0 Å². The molecule has 98 valence electrons. The zero-order valence-electron chi connectivity index (χ0n) is 10.4. The lowest BCUT2D eigenvalue weighted by atomic mass is 10.2. The molecule has 0 saturated carbocycles. The highest BCUT2D eigenvalue weighted by molar-refractivity contribution is 5.96. The molecule has 1 aromatic carbocycles. The maximum Gasteiger partial charge on any atom is 0.257 e. The number of hydrogen-bond donors (Lipinski definition) is 1. The van der Waals surface area contributed by atoms with Crippen LogP contribution < -0.4 is 10.1 Å². The minimum Gasteiger partial charge on any atom is -0.480 e. The summed E-state index contributed by atoms with van der Waals surface area (Å²) in [4.78, 5) is 15.9. The predicted octanol–water partition coefficient (Wildman–Crippen LogP) is 2.16. The predicted molar refractivity (Wildman–Crippen MR) is 68.4 cm³/mol. The first kappa shape index (κ1) is 13.0. The molecule has 0 fully saturated rings. The summed E-state index contributed by atoms with van der Waals surface area (Å²) in [6, 6.07) is 9.53. The van der Waals surface area contributed by atoms with Crippen LogP contribution >= 0.6 is 0 Å². The molecule has 0 radical (unpaired) electrons. The van der Waals surface area contributed by atoms with Gasteiger partial charge in [0.2, 0.25) is 5.88 Å². The van der Waals surface area contributed by atoms with Crippen LogP contribution in [0.25, 0.3) is 0 Å². The van der Waals surface area contributed by atoms with Gasteiger partial charge in [-0.2, -0.15) is 0 Å². The lowest BCUT2D eigenvalue weighted by molar-refractivity contribution is 0.0947. The Hall–Kier alpha value is -2.43. The number of hydrogen-bond acceptors (Lipinski definition) is 3. The minimum absolute atomic E-state index is 0.115. The van der Waals surface area contributed by atoms with Crippen molar-refractivity contribution in [2.75, 3.05) is 7.11 Å². The van der Waals surface area contributed by atoms with Gasteiger partial charge in [0.25, 0.3) is 5.91 Å². The van der Waals surface area contributed by atoms with E-state index in [-0.39, 0.29) is 24.1 Å². The van der Waals surface area contributed by atoms with Crippen LogP contribution in [0.1, 0.15) is 15.9 Å². The van der Waals surface area contributed by atoms with E-state index < -0.39 is 0 Å². The van der Waals surface area contributed by atoms with Crippen molar-refractivity contribution in [3.05, 3.63) is 59.5 Å². The summed E-state index contributed by atoms with van der Waals surface area (Å²) < 4.78 is 18.4. The molecule has 0 aliphatic rings. The molecule has 1 aromatic heterocycles. The summed E-state index contributed by atoms with van der Waals surface area (Å²) in [5, 5.41) is 2.63. The Morgan fingerprint density at radius 3 is 2.84 bits per heavy atom. The van der Waals surface area contributed by atoms with Crippen LogP contribution in [0.5, 0.6) is 5.88 Å². The zero-order chi connectivity index (χ0) is 13.7. The number of methoxy groups -OCH3 is 1. The third-order valence-electron chi connectivity index (χ3n) is 2.61. The fourth-order valence-electron chi connectivity index (χ4n) is 1.64. The van der Waals surface area contributed by atoms with Gasteiger partial charge in [0, 0.05) is 18.3 Å². The number of carbonyl (C=O) groups is 1. The largest absolute Gasteiger partial charge is 0.480 e. The van der Waals surface area contributed by atoms with Crippen LogP contribution in [-0.2, 0) is 6.54 Å². The van der Waals surface area contributed by atoms with Gasteiger partial charge in [-0.15, -0.1) is 0 Å². The summed E-state index contributed by atoms with van der Waals surface area (Å²) >= 11 is 0. The van der Waals surface area contributed by atoms with E-state index >= 15 is 0 Å². The number of carbonyl (C=O) groups excluding carboxylic acids is 1. The Morgan fingerprint density at radius 1 is 1.32 bits per heavy atom. The van der Waals surface area contributed by atoms with E-state index in [9.17, 15) is 9.18 Å². The van der Waals surface area contributed by atoms with Crippen LogP contribution in [0, 0.1) is 5.82 Å². The second kappa shape index (κ2) is 5.95. The van der Waals surface area contributed by atoms with E-state index in [4.69, 9.17) is 4.74 Å². The van der Waals surface area contributed by atoms with E-state index in [2.05, 4.69) is 10.3 Å². The molecular weight excluding hydrogens is 247 g/mol. The van der Waals surface area contributed by atoms with Gasteiger partial charge in [-0.05, 0) is 18.2 Å². The van der Waals surface area contributed by atoms with Crippen molar-refractivity contribution >= 4 is 5.91 Å². The molecule has 2 rings (SSSR count). The van der Waals surface area contributed by atoms with Gasteiger partial charge < -0.3 is 10.1 Å². The van der Waals surface area contributed by atoms with Crippen molar-refractivity contribution in [1.29, 1.82) is 0 Å². The lowest BCUT2D eigenvalue weighted by Gasteiger charge is -2.08. The van der Waals surface area contributed by atoms with Crippen LogP contribution in [0.4, 0.5) is 4.39 Å². The van der Waals surface area contributed by atoms with Gasteiger partial charge in [-0.1, -0.05) is 18.2 Å². The van der Waals surface area contributed by atoms with Crippen LogP contribution in [0.2, 0.25) is 0 Å². The van der Waals surface area contributed by atoms with Crippen LogP contribution in [0.15, 0.2) is 42.6 Å². The number of amides is 1. The van der Waals surface area contributed by atoms with Crippen molar-refractivity contribution < 1.29 is 13.9 Å². The highest BCUT2D eigenvalue weighted by Crippen LogP contribution is 2.13. The first-order chi connectivity index (χ1) is 9.22. The summed E-state index contributed by atoms with van der Waals surface area (Å²) in [6.07, 6.45) is 1.53. The van der Waals surface area contributed by atoms with E-state index in [1.54, 1.807) is 30.3 Å². The normalized spacial score (nSPS) is 10.0. The second-order valence-corrected chi connectivity index (χ2v) is 3.83. The minimum atomic E-state index is -0.354. The molecule has 0 atom stereocenters. The van der Waals surface area contributed by atoms with E-state index in [0.717, 1.165) is 0 Å². The quantitative estimate of drug-likeness (QED) is 0.916. The number of halogens is 1. The van der Waals surface area contributed by atoms with Gasteiger partial charge in [0.05, 0.1) is 7.11 Å². The molecule has 1 amide bonds.